The van der Waals surface area contributed by atoms with Crippen molar-refractivity contribution in [3.63, 3.8) is 0 Å². The molecule has 0 radical (unpaired) electrons. The van der Waals surface area contributed by atoms with Crippen LogP contribution in [0.3, 0.4) is 0 Å². The first-order chi connectivity index (χ1) is 13.9. The Kier molecular flexibility index (Phi) is 5.08. The zero-order valence-electron chi connectivity index (χ0n) is 15.3. The molecule has 1 aliphatic heterocycles. The third-order valence-corrected chi connectivity index (χ3v) is 4.97. The van der Waals surface area contributed by atoms with E-state index in [1.54, 1.807) is 18.2 Å². The zero-order valence-corrected chi connectivity index (χ0v) is 15.3. The van der Waals surface area contributed by atoms with Crippen LogP contribution in [0, 0.1) is 11.6 Å². The average molecular weight is 399 g/mol. The number of anilines is 1. The minimum absolute atomic E-state index is 0.267. The molecule has 0 bridgehead atoms. The van der Waals surface area contributed by atoms with Crippen molar-refractivity contribution in [1.82, 2.24) is 14.9 Å². The van der Waals surface area contributed by atoms with Gasteiger partial charge in [-0.25, -0.2) is 18.7 Å². The van der Waals surface area contributed by atoms with Crippen molar-refractivity contribution >= 4 is 22.6 Å². The lowest BCUT2D eigenvalue weighted by atomic mass is 10.0. The Labute approximate surface area is 165 Å². The van der Waals surface area contributed by atoms with Gasteiger partial charge in [0.25, 0.3) is 5.91 Å². The molecule has 4 N–H and O–H groups in total. The molecule has 1 amide bonds. The molecule has 29 heavy (non-hydrogen) atoms. The smallest absolute Gasteiger partial charge is 0.250 e. The number of fused-ring (bicyclic) bond motifs is 1. The van der Waals surface area contributed by atoms with Crippen LogP contribution in [0.15, 0.2) is 42.7 Å². The van der Waals surface area contributed by atoms with Gasteiger partial charge in [0.05, 0.1) is 23.2 Å². The normalized spacial score (nSPS) is 15.8. The summed E-state index contributed by atoms with van der Waals surface area (Å²) in [5.41, 5.74) is 6.63. The number of aliphatic hydroxyl groups excluding tert-OH is 1. The van der Waals surface area contributed by atoms with Crippen molar-refractivity contribution in [3.8, 4) is 0 Å². The quantitative estimate of drug-likeness (QED) is 0.584. The third kappa shape index (κ3) is 3.87. The van der Waals surface area contributed by atoms with Crippen LogP contribution in [-0.4, -0.2) is 51.6 Å². The average Bonchev–Trinajstić information content (AvgIpc) is 2.68. The largest absolute Gasteiger partial charge is 0.390 e. The molecule has 1 atom stereocenters. The van der Waals surface area contributed by atoms with Crippen LogP contribution < -0.4 is 11.1 Å². The van der Waals surface area contributed by atoms with Crippen LogP contribution in [0.2, 0.25) is 0 Å². The van der Waals surface area contributed by atoms with Gasteiger partial charge in [-0.05, 0) is 29.8 Å². The summed E-state index contributed by atoms with van der Waals surface area (Å²) < 4.78 is 27.2. The maximum atomic E-state index is 13.8. The number of benzene rings is 2. The highest BCUT2D eigenvalue weighted by atomic mass is 19.2. The summed E-state index contributed by atoms with van der Waals surface area (Å²) in [6.45, 7) is 1.44. The summed E-state index contributed by atoms with van der Waals surface area (Å²) in [5, 5.41) is 13.4. The Hall–Kier alpha value is -3.17. The maximum Gasteiger partial charge on any atom is 0.250 e. The predicted octanol–water partition coefficient (Wildman–Crippen LogP) is 1.84. The van der Waals surface area contributed by atoms with E-state index in [-0.39, 0.29) is 5.56 Å². The number of nitrogens with two attached hydrogens (primary N) is 1. The standard InChI is InChI=1S/C20H19F2N5O2/c21-15-5-4-11(6-16(15)22)17(9-27-7-12(28)8-27)26-20-14-3-1-2-13(19(23)29)18(14)24-10-25-20/h1-6,10,12,17,28H,7-9H2,(H2,23,29)(H,24,25,26). The van der Waals surface area contributed by atoms with Crippen molar-refractivity contribution < 1.29 is 18.7 Å². The second-order valence-electron chi connectivity index (χ2n) is 7.03. The van der Waals surface area contributed by atoms with Crippen molar-refractivity contribution in [2.45, 2.75) is 12.1 Å². The van der Waals surface area contributed by atoms with Gasteiger partial charge >= 0.3 is 0 Å². The number of nitrogens with one attached hydrogen (secondary N) is 1. The van der Waals surface area contributed by atoms with E-state index in [9.17, 15) is 18.7 Å². The molecule has 150 valence electrons. The number of primary amides is 1. The molecule has 0 saturated carbocycles. The lowest BCUT2D eigenvalue weighted by Crippen LogP contribution is -2.52. The van der Waals surface area contributed by atoms with E-state index in [2.05, 4.69) is 15.3 Å². The lowest BCUT2D eigenvalue weighted by Gasteiger charge is -2.38. The van der Waals surface area contributed by atoms with Gasteiger partial charge in [-0.15, -0.1) is 0 Å². The molecular formula is C20H19F2N5O2. The fourth-order valence-electron chi connectivity index (χ4n) is 3.48. The highest BCUT2D eigenvalue weighted by molar-refractivity contribution is 6.06. The van der Waals surface area contributed by atoms with Crippen LogP contribution in [0.4, 0.5) is 14.6 Å². The molecular weight excluding hydrogens is 380 g/mol. The highest BCUT2D eigenvalue weighted by Crippen LogP contribution is 2.28. The molecule has 1 saturated heterocycles. The van der Waals surface area contributed by atoms with E-state index in [4.69, 9.17) is 5.73 Å². The van der Waals surface area contributed by atoms with Crippen molar-refractivity contribution in [3.05, 3.63) is 65.5 Å². The first-order valence-corrected chi connectivity index (χ1v) is 9.08. The van der Waals surface area contributed by atoms with E-state index in [0.717, 1.165) is 12.1 Å². The van der Waals surface area contributed by atoms with E-state index in [1.165, 1.54) is 12.4 Å². The van der Waals surface area contributed by atoms with Gasteiger partial charge in [-0.2, -0.15) is 0 Å². The van der Waals surface area contributed by atoms with E-state index in [1.807, 2.05) is 4.90 Å². The third-order valence-electron chi connectivity index (χ3n) is 4.97. The summed E-state index contributed by atoms with van der Waals surface area (Å²) in [7, 11) is 0. The maximum absolute atomic E-state index is 13.8. The van der Waals surface area contributed by atoms with Crippen molar-refractivity contribution in [2.24, 2.45) is 5.73 Å². The second kappa shape index (κ2) is 7.69. The van der Waals surface area contributed by atoms with Gasteiger partial charge in [0, 0.05) is 25.0 Å². The Bertz CT molecular complexity index is 1070. The molecule has 4 rings (SSSR count). The minimum Gasteiger partial charge on any atom is -0.390 e. The van der Waals surface area contributed by atoms with Crippen LogP contribution in [0.5, 0.6) is 0 Å². The van der Waals surface area contributed by atoms with E-state index in [0.29, 0.717) is 41.9 Å². The molecule has 0 spiro atoms. The number of rotatable bonds is 6. The predicted molar refractivity (Wildman–Crippen MR) is 103 cm³/mol. The minimum atomic E-state index is -0.943. The molecule has 1 fully saturated rings. The molecule has 2 heterocycles. The Morgan fingerprint density at radius 3 is 2.72 bits per heavy atom. The topological polar surface area (TPSA) is 104 Å². The van der Waals surface area contributed by atoms with Gasteiger partial charge < -0.3 is 16.2 Å². The van der Waals surface area contributed by atoms with E-state index >= 15 is 0 Å². The number of hydrogen-bond donors (Lipinski definition) is 3. The summed E-state index contributed by atoms with van der Waals surface area (Å²) >= 11 is 0. The van der Waals surface area contributed by atoms with Gasteiger partial charge in [-0.3, -0.25) is 9.69 Å². The summed E-state index contributed by atoms with van der Waals surface area (Å²) in [6.07, 6.45) is 0.922. The van der Waals surface area contributed by atoms with Crippen LogP contribution in [0.25, 0.3) is 10.9 Å². The van der Waals surface area contributed by atoms with Gasteiger partial charge in [0.2, 0.25) is 0 Å². The number of aromatic nitrogens is 2. The lowest BCUT2D eigenvalue weighted by molar-refractivity contribution is 0.0000779. The number of nitrogens with zero attached hydrogens (tertiary/aromatic N) is 3. The van der Waals surface area contributed by atoms with Crippen LogP contribution in [0.1, 0.15) is 22.0 Å². The van der Waals surface area contributed by atoms with E-state index < -0.39 is 29.7 Å². The Morgan fingerprint density at radius 2 is 2.03 bits per heavy atom. The molecule has 1 aromatic heterocycles. The summed E-state index contributed by atoms with van der Waals surface area (Å²) in [6, 6.07) is 8.29. The van der Waals surface area contributed by atoms with Gasteiger partial charge in [0.15, 0.2) is 11.6 Å². The number of amides is 1. The van der Waals surface area contributed by atoms with Crippen molar-refractivity contribution in [2.75, 3.05) is 25.0 Å². The number of aliphatic hydroxyl groups is 1. The second-order valence-corrected chi connectivity index (χ2v) is 7.03. The fraction of sp³-hybridized carbons (Fsp3) is 0.250. The molecule has 0 aliphatic carbocycles. The number of carbonyl (C=O) groups is 1. The SMILES string of the molecule is NC(=O)c1cccc2c(NC(CN3CC(O)C3)c3ccc(F)c(F)c3)ncnc12. The first kappa shape index (κ1) is 19.2. The van der Waals surface area contributed by atoms with Crippen molar-refractivity contribution in [1.29, 1.82) is 0 Å². The Balaban J connectivity index is 1.71. The van der Waals surface area contributed by atoms with Gasteiger partial charge in [-0.1, -0.05) is 12.1 Å². The fourth-order valence-corrected chi connectivity index (χ4v) is 3.48. The summed E-state index contributed by atoms with van der Waals surface area (Å²) in [5.74, 6) is -2.03. The number of likely N-dealkylation sites (tertiary alicyclic amines) is 1. The molecule has 2 aromatic carbocycles. The van der Waals surface area contributed by atoms with Crippen LogP contribution >= 0.6 is 0 Å². The molecule has 1 unspecified atom stereocenters. The number of halogens is 2. The molecule has 7 nitrogen and oxygen atoms in total. The van der Waals surface area contributed by atoms with Gasteiger partial charge in [0.1, 0.15) is 12.1 Å². The molecule has 9 heteroatoms. The summed E-state index contributed by atoms with van der Waals surface area (Å²) in [4.78, 5) is 22.1. The number of para-hydroxylation sites is 1. The highest BCUT2D eigenvalue weighted by Gasteiger charge is 2.28. The first-order valence-electron chi connectivity index (χ1n) is 9.08. The van der Waals surface area contributed by atoms with Crippen LogP contribution in [-0.2, 0) is 0 Å². The number of β-amino-alcohol motifs (C(OH)–C–C–N with tert-alkyl or cyclic N) is 1. The Morgan fingerprint density at radius 1 is 1.24 bits per heavy atom. The number of carbonyl (C=O) groups excluding carboxylic acids is 1. The number of hydrogen-bond acceptors (Lipinski definition) is 6. The molecule has 3 aromatic rings. The zero-order chi connectivity index (χ0) is 20.5. The monoisotopic (exact) mass is 399 g/mol. The molecule has 1 aliphatic rings.